The largest absolute Gasteiger partial charge is 0.316 e. The lowest BCUT2D eigenvalue weighted by Gasteiger charge is -2.13. The molecule has 0 spiro atoms. The van der Waals surface area contributed by atoms with Crippen LogP contribution in [-0.4, -0.2) is 18.9 Å². The summed E-state index contributed by atoms with van der Waals surface area (Å²) in [5.74, 6) is 0.747. The number of carbonyl (C=O) groups is 1. The maximum Gasteiger partial charge on any atom is 0.141 e. The van der Waals surface area contributed by atoms with E-state index in [2.05, 4.69) is 12.2 Å². The number of benzene rings is 1. The van der Waals surface area contributed by atoms with Gasteiger partial charge in [-0.15, -0.1) is 0 Å². The van der Waals surface area contributed by atoms with E-state index < -0.39 is 0 Å². The minimum Gasteiger partial charge on any atom is -0.316 e. The molecule has 2 nitrogen and oxygen atoms in total. The summed E-state index contributed by atoms with van der Waals surface area (Å²) >= 11 is 12.0. The monoisotopic (exact) mass is 271 g/mol. The lowest BCUT2D eigenvalue weighted by molar-refractivity contribution is -0.122. The lowest BCUT2D eigenvalue weighted by atomic mass is 9.90. The zero-order valence-electron chi connectivity index (χ0n) is 9.67. The van der Waals surface area contributed by atoms with Crippen LogP contribution in [0.4, 0.5) is 0 Å². The fourth-order valence-corrected chi connectivity index (χ4v) is 2.63. The van der Waals surface area contributed by atoms with Crippen LogP contribution >= 0.6 is 23.2 Å². The molecule has 2 rings (SSSR count). The molecule has 0 aromatic heterocycles. The van der Waals surface area contributed by atoms with Crippen LogP contribution in [0.15, 0.2) is 18.2 Å². The number of rotatable bonds is 3. The summed E-state index contributed by atoms with van der Waals surface area (Å²) in [5.41, 5.74) is 0.822. The van der Waals surface area contributed by atoms with Crippen LogP contribution in [-0.2, 0) is 11.2 Å². The Hall–Kier alpha value is -0.570. The molecule has 1 aromatic carbocycles. The van der Waals surface area contributed by atoms with E-state index in [0.29, 0.717) is 22.4 Å². The molecule has 4 heteroatoms. The molecule has 1 aliphatic heterocycles. The van der Waals surface area contributed by atoms with Crippen molar-refractivity contribution in [3.8, 4) is 0 Å². The molecular weight excluding hydrogens is 257 g/mol. The van der Waals surface area contributed by atoms with E-state index in [1.54, 1.807) is 6.07 Å². The topological polar surface area (TPSA) is 29.1 Å². The quantitative estimate of drug-likeness (QED) is 0.916. The van der Waals surface area contributed by atoms with Crippen LogP contribution in [0.25, 0.3) is 0 Å². The van der Waals surface area contributed by atoms with Crippen molar-refractivity contribution in [2.24, 2.45) is 11.8 Å². The molecule has 1 fully saturated rings. The Bertz CT molecular complexity index is 433. The minimum atomic E-state index is 0.102. The zero-order valence-corrected chi connectivity index (χ0v) is 11.2. The van der Waals surface area contributed by atoms with Gasteiger partial charge in [0.25, 0.3) is 0 Å². The van der Waals surface area contributed by atoms with Gasteiger partial charge in [-0.25, -0.2) is 0 Å². The van der Waals surface area contributed by atoms with Crippen molar-refractivity contribution < 1.29 is 4.79 Å². The summed E-state index contributed by atoms with van der Waals surface area (Å²) in [7, 11) is 0. The summed E-state index contributed by atoms with van der Waals surface area (Å²) in [6.07, 6.45) is 0.371. The number of nitrogens with one attached hydrogen (secondary N) is 1. The van der Waals surface area contributed by atoms with Crippen molar-refractivity contribution in [2.45, 2.75) is 13.3 Å². The van der Waals surface area contributed by atoms with E-state index in [1.165, 1.54) is 0 Å². The Morgan fingerprint density at radius 1 is 1.41 bits per heavy atom. The first-order chi connectivity index (χ1) is 8.09. The Morgan fingerprint density at radius 3 is 2.82 bits per heavy atom. The third kappa shape index (κ3) is 2.82. The average molecular weight is 272 g/mol. The fourth-order valence-electron chi connectivity index (χ4n) is 2.24. The number of hydrogen-bond donors (Lipinski definition) is 1. The van der Waals surface area contributed by atoms with Gasteiger partial charge < -0.3 is 5.32 Å². The van der Waals surface area contributed by atoms with Crippen molar-refractivity contribution in [1.82, 2.24) is 5.32 Å². The summed E-state index contributed by atoms with van der Waals surface area (Å²) in [5, 5.41) is 4.24. The number of carbonyl (C=O) groups excluding carboxylic acids is 1. The number of halogens is 2. The van der Waals surface area contributed by atoms with E-state index in [1.807, 2.05) is 12.1 Å². The fraction of sp³-hybridized carbons (Fsp3) is 0.462. The average Bonchev–Trinajstić information content (AvgIpc) is 2.71. The van der Waals surface area contributed by atoms with Crippen molar-refractivity contribution in [1.29, 1.82) is 0 Å². The molecule has 1 saturated heterocycles. The first-order valence-corrected chi connectivity index (χ1v) is 6.51. The van der Waals surface area contributed by atoms with Crippen molar-refractivity contribution in [2.75, 3.05) is 13.1 Å². The Balaban J connectivity index is 2.10. The van der Waals surface area contributed by atoms with E-state index in [9.17, 15) is 4.79 Å². The second-order valence-corrected chi connectivity index (χ2v) is 5.38. The van der Waals surface area contributed by atoms with E-state index in [0.717, 1.165) is 18.7 Å². The van der Waals surface area contributed by atoms with Gasteiger partial charge in [0, 0.05) is 18.9 Å². The molecule has 1 heterocycles. The van der Waals surface area contributed by atoms with Gasteiger partial charge in [0.05, 0.1) is 10.0 Å². The van der Waals surface area contributed by atoms with Crippen LogP contribution in [0.3, 0.4) is 0 Å². The van der Waals surface area contributed by atoms with Crippen LogP contribution in [0.1, 0.15) is 12.5 Å². The first-order valence-electron chi connectivity index (χ1n) is 5.76. The highest BCUT2D eigenvalue weighted by atomic mass is 35.5. The second-order valence-electron chi connectivity index (χ2n) is 4.60. The standard InChI is InChI=1S/C13H15Cl2NO/c1-8-6-16-7-10(8)12(17)5-9-3-2-4-11(14)13(9)15/h2-4,8,10,16H,5-7H2,1H3. The van der Waals surface area contributed by atoms with E-state index in [-0.39, 0.29) is 11.7 Å². The molecule has 2 atom stereocenters. The van der Waals surface area contributed by atoms with Crippen molar-refractivity contribution in [3.05, 3.63) is 33.8 Å². The number of hydrogen-bond acceptors (Lipinski definition) is 2. The molecule has 17 heavy (non-hydrogen) atoms. The molecular formula is C13H15Cl2NO. The third-order valence-corrected chi connectivity index (χ3v) is 4.19. The van der Waals surface area contributed by atoms with Gasteiger partial charge >= 0.3 is 0 Å². The molecule has 92 valence electrons. The summed E-state index contributed by atoms with van der Waals surface area (Å²) in [4.78, 5) is 12.1. The van der Waals surface area contributed by atoms with Crippen molar-refractivity contribution >= 4 is 29.0 Å². The van der Waals surface area contributed by atoms with Crippen LogP contribution < -0.4 is 5.32 Å². The molecule has 1 N–H and O–H groups in total. The molecule has 1 aliphatic rings. The van der Waals surface area contributed by atoms with E-state index >= 15 is 0 Å². The van der Waals surface area contributed by atoms with Gasteiger partial charge in [-0.3, -0.25) is 4.79 Å². The first kappa shape index (κ1) is 12.9. The Morgan fingerprint density at radius 2 is 2.18 bits per heavy atom. The Kier molecular flexibility index (Phi) is 4.08. The zero-order chi connectivity index (χ0) is 12.4. The minimum absolute atomic E-state index is 0.102. The molecule has 0 aliphatic carbocycles. The highest BCUT2D eigenvalue weighted by Gasteiger charge is 2.29. The summed E-state index contributed by atoms with van der Waals surface area (Å²) < 4.78 is 0. The highest BCUT2D eigenvalue weighted by Crippen LogP contribution is 2.27. The normalized spacial score (nSPS) is 23.9. The van der Waals surface area contributed by atoms with Gasteiger partial charge in [0.1, 0.15) is 5.78 Å². The van der Waals surface area contributed by atoms with Crippen molar-refractivity contribution in [3.63, 3.8) is 0 Å². The molecule has 1 aromatic rings. The maximum absolute atomic E-state index is 12.1. The van der Waals surface area contributed by atoms with E-state index in [4.69, 9.17) is 23.2 Å². The van der Waals surface area contributed by atoms with Gasteiger partial charge in [0.15, 0.2) is 0 Å². The number of ketones is 1. The van der Waals surface area contributed by atoms with Gasteiger partial charge in [0.2, 0.25) is 0 Å². The molecule has 0 saturated carbocycles. The summed E-state index contributed by atoms with van der Waals surface area (Å²) in [6, 6.07) is 5.42. The number of Topliss-reactive ketones (excluding diaryl/α,β-unsaturated/α-hetero) is 1. The predicted octanol–water partition coefficient (Wildman–Crippen LogP) is 2.96. The SMILES string of the molecule is CC1CNCC1C(=O)Cc1cccc(Cl)c1Cl. The smallest absolute Gasteiger partial charge is 0.141 e. The molecule has 0 bridgehead atoms. The molecule has 2 unspecified atom stereocenters. The highest BCUT2D eigenvalue weighted by molar-refractivity contribution is 6.42. The van der Waals surface area contributed by atoms with Crippen LogP contribution in [0.2, 0.25) is 10.0 Å². The van der Waals surface area contributed by atoms with Gasteiger partial charge in [-0.2, -0.15) is 0 Å². The molecule has 0 amide bonds. The molecule has 0 radical (unpaired) electrons. The van der Waals surface area contributed by atoms with Gasteiger partial charge in [-0.05, 0) is 24.1 Å². The maximum atomic E-state index is 12.1. The Labute approximate surface area is 111 Å². The second kappa shape index (κ2) is 5.38. The van der Waals surface area contributed by atoms with Crippen LogP contribution in [0.5, 0.6) is 0 Å². The van der Waals surface area contributed by atoms with Gasteiger partial charge in [-0.1, -0.05) is 42.3 Å². The third-order valence-electron chi connectivity index (χ3n) is 3.33. The predicted molar refractivity (Wildman–Crippen MR) is 70.7 cm³/mol. The lowest BCUT2D eigenvalue weighted by Crippen LogP contribution is -2.23. The summed E-state index contributed by atoms with van der Waals surface area (Å²) in [6.45, 7) is 3.79. The van der Waals surface area contributed by atoms with Crippen LogP contribution in [0, 0.1) is 11.8 Å².